The van der Waals surface area contributed by atoms with Crippen LogP contribution in [0.5, 0.6) is 0 Å². The molecule has 0 aliphatic heterocycles. The number of hydrogen-bond acceptors (Lipinski definition) is 7. The molecule has 1 atom stereocenters. The molecule has 2 aromatic carbocycles. The molecule has 4 N–H and O–H groups in total. The van der Waals surface area contributed by atoms with Crippen LogP contribution in [0.2, 0.25) is 0 Å². The number of nitrogens with two attached hydrogens (primary N) is 1. The van der Waals surface area contributed by atoms with Crippen molar-refractivity contribution in [2.24, 2.45) is 11.7 Å². The lowest BCUT2D eigenvalue weighted by Gasteiger charge is -2.26. The molecular weight excluding hydrogens is 526 g/mol. The first-order chi connectivity index (χ1) is 19.0. The number of thiophene rings is 1. The number of nitrogens with one attached hydrogen (secondary N) is 2. The van der Waals surface area contributed by atoms with Gasteiger partial charge in [0.1, 0.15) is 4.83 Å². The second-order valence-electron chi connectivity index (χ2n) is 10.1. The highest BCUT2D eigenvalue weighted by Crippen LogP contribution is 2.33. The van der Waals surface area contributed by atoms with E-state index in [2.05, 4.69) is 21.7 Å². The number of benzene rings is 2. The van der Waals surface area contributed by atoms with Crippen LogP contribution in [0.3, 0.4) is 0 Å². The van der Waals surface area contributed by atoms with Gasteiger partial charge in [0.05, 0.1) is 15.8 Å². The fraction of sp³-hybridized carbons (Fsp3) is 0.267. The molecule has 2 aromatic heterocycles. The third kappa shape index (κ3) is 6.06. The maximum absolute atomic E-state index is 13.3. The molecule has 0 aliphatic rings. The molecule has 0 saturated carbocycles. The van der Waals surface area contributed by atoms with Crippen LogP contribution in [-0.2, 0) is 10.3 Å². The molecule has 9 nitrogen and oxygen atoms in total. The third-order valence-corrected chi connectivity index (χ3v) is 7.57. The summed E-state index contributed by atoms with van der Waals surface area (Å²) >= 11 is 1.05. The van der Waals surface area contributed by atoms with Crippen molar-refractivity contribution in [1.82, 2.24) is 15.1 Å². The SMILES string of the molecule is C#CCOC(=O)n1nc(NC(=O)c2ccc(C(N)C(C)C)cc2)c2cc(C(=O)NC(C)(C)c3ccccc3)sc21. The molecule has 0 fully saturated rings. The van der Waals surface area contributed by atoms with Crippen LogP contribution >= 0.6 is 11.3 Å². The number of fused-ring (bicyclic) bond motifs is 1. The van der Waals surface area contributed by atoms with Gasteiger partial charge in [0.15, 0.2) is 12.4 Å². The molecule has 206 valence electrons. The number of carbonyl (C=O) groups excluding carboxylic acids is 3. The minimum atomic E-state index is -0.825. The molecule has 2 amide bonds. The van der Waals surface area contributed by atoms with Crippen molar-refractivity contribution in [2.75, 3.05) is 11.9 Å². The van der Waals surface area contributed by atoms with E-state index in [1.54, 1.807) is 18.2 Å². The second-order valence-corrected chi connectivity index (χ2v) is 11.2. The molecule has 4 rings (SSSR count). The minimum absolute atomic E-state index is 0.109. The van der Waals surface area contributed by atoms with Crippen LogP contribution in [0.15, 0.2) is 60.7 Å². The van der Waals surface area contributed by atoms with Gasteiger partial charge in [0, 0.05) is 11.6 Å². The van der Waals surface area contributed by atoms with Crippen molar-refractivity contribution in [1.29, 1.82) is 0 Å². The van der Waals surface area contributed by atoms with E-state index in [1.807, 2.05) is 70.2 Å². The number of ether oxygens (including phenoxy) is 1. The zero-order valence-corrected chi connectivity index (χ0v) is 23.5. The Kier molecular flexibility index (Phi) is 8.38. The Hall–Kier alpha value is -4.46. The van der Waals surface area contributed by atoms with Gasteiger partial charge in [-0.15, -0.1) is 22.9 Å². The minimum Gasteiger partial charge on any atom is -0.435 e. The summed E-state index contributed by atoms with van der Waals surface area (Å²) in [6.07, 6.45) is 4.40. The summed E-state index contributed by atoms with van der Waals surface area (Å²) < 4.78 is 6.06. The molecule has 0 spiro atoms. The Labute approximate surface area is 236 Å². The molecule has 0 aliphatic carbocycles. The van der Waals surface area contributed by atoms with E-state index in [4.69, 9.17) is 16.9 Å². The third-order valence-electron chi connectivity index (χ3n) is 6.47. The Balaban J connectivity index is 1.64. The highest BCUT2D eigenvalue weighted by molar-refractivity contribution is 7.20. The number of amides is 2. The van der Waals surface area contributed by atoms with Gasteiger partial charge >= 0.3 is 6.09 Å². The molecule has 2 heterocycles. The quantitative estimate of drug-likeness (QED) is 0.253. The van der Waals surface area contributed by atoms with Crippen molar-refractivity contribution in [3.8, 4) is 12.3 Å². The van der Waals surface area contributed by atoms with Gasteiger partial charge in [0.25, 0.3) is 11.8 Å². The van der Waals surface area contributed by atoms with Gasteiger partial charge in [-0.3, -0.25) is 9.59 Å². The van der Waals surface area contributed by atoms with Crippen molar-refractivity contribution in [3.63, 3.8) is 0 Å². The number of aromatic nitrogens is 2. The van der Waals surface area contributed by atoms with Gasteiger partial charge in [-0.25, -0.2) is 4.79 Å². The van der Waals surface area contributed by atoms with Crippen LogP contribution in [0.4, 0.5) is 10.6 Å². The summed E-state index contributed by atoms with van der Waals surface area (Å²) in [4.78, 5) is 39.7. The average Bonchev–Trinajstić information content (AvgIpc) is 3.52. The van der Waals surface area contributed by atoms with Gasteiger partial charge in [-0.05, 0) is 49.1 Å². The fourth-order valence-electron chi connectivity index (χ4n) is 4.09. The molecule has 40 heavy (non-hydrogen) atoms. The van der Waals surface area contributed by atoms with E-state index in [0.717, 1.165) is 27.1 Å². The van der Waals surface area contributed by atoms with Crippen molar-refractivity contribution in [2.45, 2.75) is 39.3 Å². The highest BCUT2D eigenvalue weighted by Gasteiger charge is 2.27. The largest absolute Gasteiger partial charge is 0.437 e. The summed E-state index contributed by atoms with van der Waals surface area (Å²) in [5.74, 6) is 1.82. The lowest BCUT2D eigenvalue weighted by atomic mass is 9.94. The summed E-state index contributed by atoms with van der Waals surface area (Å²) in [7, 11) is 0. The average molecular weight is 558 g/mol. The lowest BCUT2D eigenvalue weighted by molar-refractivity contribution is 0.0915. The molecule has 0 bridgehead atoms. The van der Waals surface area contributed by atoms with Gasteiger partial charge < -0.3 is 21.1 Å². The highest BCUT2D eigenvalue weighted by atomic mass is 32.1. The smallest absolute Gasteiger partial charge is 0.435 e. The molecule has 1 unspecified atom stereocenters. The Bertz CT molecular complexity index is 1580. The molecular formula is C30H31N5O4S. The summed E-state index contributed by atoms with van der Waals surface area (Å²) in [6.45, 7) is 7.60. The number of terminal acetylenes is 1. The summed E-state index contributed by atoms with van der Waals surface area (Å²) in [6, 6.07) is 18.0. The van der Waals surface area contributed by atoms with Crippen molar-refractivity contribution >= 4 is 45.3 Å². The lowest BCUT2D eigenvalue weighted by Crippen LogP contribution is -2.40. The number of nitrogens with zero attached hydrogens (tertiary/aromatic N) is 2. The maximum atomic E-state index is 13.3. The van der Waals surface area contributed by atoms with Crippen LogP contribution in [0.1, 0.15) is 64.9 Å². The van der Waals surface area contributed by atoms with E-state index in [0.29, 0.717) is 20.7 Å². The van der Waals surface area contributed by atoms with E-state index in [9.17, 15) is 14.4 Å². The van der Waals surface area contributed by atoms with Crippen LogP contribution < -0.4 is 16.4 Å². The molecule has 4 aromatic rings. The first kappa shape index (κ1) is 28.5. The predicted octanol–water partition coefficient (Wildman–Crippen LogP) is 5.29. The molecule has 0 radical (unpaired) electrons. The predicted molar refractivity (Wildman–Crippen MR) is 156 cm³/mol. The zero-order valence-electron chi connectivity index (χ0n) is 22.7. The van der Waals surface area contributed by atoms with Crippen LogP contribution in [0.25, 0.3) is 10.2 Å². The Morgan fingerprint density at radius 2 is 1.77 bits per heavy atom. The summed E-state index contributed by atoms with van der Waals surface area (Å²) in [5, 5.41) is 10.5. The van der Waals surface area contributed by atoms with Crippen molar-refractivity contribution in [3.05, 3.63) is 82.2 Å². The Morgan fingerprint density at radius 3 is 2.40 bits per heavy atom. The maximum Gasteiger partial charge on any atom is 0.437 e. The summed E-state index contributed by atoms with van der Waals surface area (Å²) in [5.41, 5.74) is 7.79. The van der Waals surface area contributed by atoms with E-state index < -0.39 is 17.5 Å². The fourth-order valence-corrected chi connectivity index (χ4v) is 5.09. The van der Waals surface area contributed by atoms with E-state index in [1.165, 1.54) is 0 Å². The van der Waals surface area contributed by atoms with Crippen molar-refractivity contribution < 1.29 is 19.1 Å². The van der Waals surface area contributed by atoms with Crippen LogP contribution in [0, 0.1) is 18.3 Å². The molecule has 0 saturated heterocycles. The topological polar surface area (TPSA) is 128 Å². The monoisotopic (exact) mass is 557 g/mol. The number of hydrogen-bond donors (Lipinski definition) is 3. The van der Waals surface area contributed by atoms with E-state index in [-0.39, 0.29) is 30.3 Å². The van der Waals surface area contributed by atoms with Gasteiger partial charge in [-0.2, -0.15) is 4.68 Å². The number of carbonyl (C=O) groups is 3. The second kappa shape index (κ2) is 11.7. The normalized spacial score (nSPS) is 12.1. The zero-order chi connectivity index (χ0) is 29.0. The first-order valence-electron chi connectivity index (χ1n) is 12.7. The molecule has 10 heteroatoms. The Morgan fingerprint density at radius 1 is 1.10 bits per heavy atom. The van der Waals surface area contributed by atoms with Crippen LogP contribution in [-0.4, -0.2) is 34.3 Å². The van der Waals surface area contributed by atoms with E-state index >= 15 is 0 Å². The van der Waals surface area contributed by atoms with Gasteiger partial charge in [0.2, 0.25) is 0 Å². The van der Waals surface area contributed by atoms with Gasteiger partial charge in [-0.1, -0.05) is 62.2 Å². The number of rotatable bonds is 8. The first-order valence-corrected chi connectivity index (χ1v) is 13.5. The number of anilines is 1. The standard InChI is InChI=1S/C30H31N5O4S/c1-6-16-39-29(38)35-28-22(17-23(40-28)27(37)33-30(4,5)21-10-8-7-9-11-21)25(34-35)32-26(36)20-14-12-19(13-15-20)24(31)18(2)3/h1,7-15,17-18,24H,16,31H2,2-5H3,(H,33,37)(H,32,34,36).